The lowest BCUT2D eigenvalue weighted by atomic mass is 10.3. The van der Waals surface area contributed by atoms with Crippen LogP contribution in [0.4, 0.5) is 0 Å². The maximum Gasteiger partial charge on any atom is 0.125 e. The molecule has 1 rings (SSSR count). The lowest BCUT2D eigenvalue weighted by Gasteiger charge is -2.03. The van der Waals surface area contributed by atoms with Crippen LogP contribution in [0.1, 0.15) is 0 Å². The van der Waals surface area contributed by atoms with Gasteiger partial charge in [-0.1, -0.05) is 0 Å². The van der Waals surface area contributed by atoms with Crippen molar-refractivity contribution in [1.29, 1.82) is 0 Å². The summed E-state index contributed by atoms with van der Waals surface area (Å²) in [6.45, 7) is 0. The summed E-state index contributed by atoms with van der Waals surface area (Å²) in [6.07, 6.45) is 7.19. The molecule has 70 valence electrons. The molecular formula is C10H14N2O. The van der Waals surface area contributed by atoms with Gasteiger partial charge in [-0.2, -0.15) is 0 Å². The molecule has 0 heterocycles. The van der Waals surface area contributed by atoms with E-state index in [4.69, 9.17) is 0 Å². The monoisotopic (exact) mass is 178 g/mol. The first-order valence-electron chi connectivity index (χ1n) is 4.06. The van der Waals surface area contributed by atoms with Gasteiger partial charge < -0.3 is 10.0 Å². The highest BCUT2D eigenvalue weighted by Crippen LogP contribution is 2.19. The molecule has 0 aromatic rings. The molecule has 0 fully saturated rings. The fraction of sp³-hybridized carbons (Fsp3) is 0.300. The van der Waals surface area contributed by atoms with Gasteiger partial charge in [-0.3, -0.25) is 4.99 Å². The van der Waals surface area contributed by atoms with Crippen LogP contribution >= 0.6 is 0 Å². The van der Waals surface area contributed by atoms with Gasteiger partial charge in [0.2, 0.25) is 0 Å². The largest absolute Gasteiger partial charge is 0.507 e. The Balaban J connectivity index is 2.89. The van der Waals surface area contributed by atoms with Crippen molar-refractivity contribution in [3.63, 3.8) is 0 Å². The summed E-state index contributed by atoms with van der Waals surface area (Å²) in [6, 6.07) is 0. The number of aliphatic hydroxyl groups is 1. The van der Waals surface area contributed by atoms with E-state index in [2.05, 4.69) is 4.99 Å². The molecule has 13 heavy (non-hydrogen) atoms. The zero-order valence-corrected chi connectivity index (χ0v) is 8.15. The molecule has 3 nitrogen and oxygen atoms in total. The third-order valence-corrected chi connectivity index (χ3v) is 1.60. The minimum Gasteiger partial charge on any atom is -0.507 e. The highest BCUT2D eigenvalue weighted by atomic mass is 16.3. The average molecular weight is 178 g/mol. The second-order valence-corrected chi connectivity index (χ2v) is 3.11. The summed E-state index contributed by atoms with van der Waals surface area (Å²) in [4.78, 5) is 5.78. The van der Waals surface area contributed by atoms with Crippen molar-refractivity contribution < 1.29 is 5.11 Å². The molecule has 1 aliphatic rings. The number of aliphatic imine (C=N–C) groups is 1. The fourth-order valence-corrected chi connectivity index (χ4v) is 1.15. The quantitative estimate of drug-likeness (QED) is 0.651. The van der Waals surface area contributed by atoms with Crippen LogP contribution in [0.25, 0.3) is 0 Å². The summed E-state index contributed by atoms with van der Waals surface area (Å²) in [5, 5.41) is 9.45. The first-order valence-corrected chi connectivity index (χ1v) is 4.06. The number of hydrogen-bond acceptors (Lipinski definition) is 3. The molecule has 0 saturated heterocycles. The van der Waals surface area contributed by atoms with E-state index in [0.29, 0.717) is 0 Å². The van der Waals surface area contributed by atoms with Gasteiger partial charge >= 0.3 is 0 Å². The van der Waals surface area contributed by atoms with Gasteiger partial charge in [0.1, 0.15) is 5.76 Å². The van der Waals surface area contributed by atoms with Crippen molar-refractivity contribution in [2.75, 3.05) is 21.1 Å². The van der Waals surface area contributed by atoms with Crippen LogP contribution in [-0.4, -0.2) is 37.4 Å². The topological polar surface area (TPSA) is 35.8 Å². The van der Waals surface area contributed by atoms with Crippen molar-refractivity contribution >= 4 is 6.21 Å². The first kappa shape index (κ1) is 9.58. The Bertz CT molecular complexity index is 309. The molecular weight excluding hydrogens is 164 g/mol. The highest BCUT2D eigenvalue weighted by Gasteiger charge is 2.09. The molecule has 0 atom stereocenters. The minimum absolute atomic E-state index is 0.277. The van der Waals surface area contributed by atoms with Gasteiger partial charge in [-0.25, -0.2) is 0 Å². The number of nitrogens with zero attached hydrogens (tertiary/aromatic N) is 2. The van der Waals surface area contributed by atoms with Gasteiger partial charge in [0.25, 0.3) is 0 Å². The molecule has 0 radical (unpaired) electrons. The van der Waals surface area contributed by atoms with Gasteiger partial charge in [-0.05, 0) is 17.7 Å². The molecule has 0 bridgehead atoms. The van der Waals surface area contributed by atoms with Crippen molar-refractivity contribution in [3.8, 4) is 0 Å². The zero-order valence-electron chi connectivity index (χ0n) is 8.15. The lowest BCUT2D eigenvalue weighted by Crippen LogP contribution is -2.01. The predicted molar refractivity (Wildman–Crippen MR) is 55.0 cm³/mol. The third-order valence-electron chi connectivity index (χ3n) is 1.60. The van der Waals surface area contributed by atoms with Gasteiger partial charge in [0.15, 0.2) is 0 Å². The predicted octanol–water partition coefficient (Wildman–Crippen LogP) is 1.51. The van der Waals surface area contributed by atoms with Crippen molar-refractivity contribution in [2.24, 2.45) is 4.99 Å². The van der Waals surface area contributed by atoms with E-state index < -0.39 is 0 Å². The van der Waals surface area contributed by atoms with E-state index in [0.717, 1.165) is 11.1 Å². The molecule has 1 aliphatic carbocycles. The number of allylic oxidation sites excluding steroid dienone is 4. The van der Waals surface area contributed by atoms with Gasteiger partial charge in [-0.15, -0.1) is 0 Å². The molecule has 0 unspecified atom stereocenters. The van der Waals surface area contributed by atoms with Crippen LogP contribution < -0.4 is 0 Å². The van der Waals surface area contributed by atoms with Gasteiger partial charge in [0, 0.05) is 39.1 Å². The molecule has 0 amide bonds. The number of hydrogen-bond donors (Lipinski definition) is 1. The van der Waals surface area contributed by atoms with Crippen LogP contribution in [0.2, 0.25) is 0 Å². The van der Waals surface area contributed by atoms with E-state index in [-0.39, 0.29) is 5.76 Å². The standard InChI is InChI=1S/C10H14N2O/c1-11-6-9-4-8(5-10(9)13)7-12(2)3/h4-7,13H,1-3H3/b8-7+,11-6?. The van der Waals surface area contributed by atoms with Crippen LogP contribution in [0, 0.1) is 0 Å². The van der Waals surface area contributed by atoms with E-state index >= 15 is 0 Å². The van der Waals surface area contributed by atoms with Crippen LogP contribution in [-0.2, 0) is 0 Å². The summed E-state index contributed by atoms with van der Waals surface area (Å²) >= 11 is 0. The maximum atomic E-state index is 9.45. The SMILES string of the molecule is CN=CC1=C/C(=C\N(C)C)C=C1O. The first-order chi connectivity index (χ1) is 6.13. The molecule has 0 aromatic carbocycles. The Kier molecular flexibility index (Phi) is 2.90. The summed E-state index contributed by atoms with van der Waals surface area (Å²) in [5.41, 5.74) is 1.74. The van der Waals surface area contributed by atoms with Crippen molar-refractivity contribution in [2.45, 2.75) is 0 Å². The number of aliphatic hydroxyl groups excluding tert-OH is 1. The molecule has 0 saturated carbocycles. The Morgan fingerprint density at radius 1 is 1.38 bits per heavy atom. The Morgan fingerprint density at radius 3 is 2.62 bits per heavy atom. The second kappa shape index (κ2) is 3.94. The molecule has 3 heteroatoms. The minimum atomic E-state index is 0.277. The van der Waals surface area contributed by atoms with Crippen LogP contribution in [0.5, 0.6) is 0 Å². The fourth-order valence-electron chi connectivity index (χ4n) is 1.15. The summed E-state index contributed by atoms with van der Waals surface area (Å²) in [5.74, 6) is 0.277. The Hall–Kier alpha value is -1.51. The molecule has 1 N–H and O–H groups in total. The van der Waals surface area contributed by atoms with Crippen LogP contribution in [0.3, 0.4) is 0 Å². The van der Waals surface area contributed by atoms with Crippen molar-refractivity contribution in [3.05, 3.63) is 35.3 Å². The summed E-state index contributed by atoms with van der Waals surface area (Å²) < 4.78 is 0. The average Bonchev–Trinajstić information content (AvgIpc) is 2.31. The van der Waals surface area contributed by atoms with E-state index in [9.17, 15) is 5.11 Å². The molecule has 0 spiro atoms. The normalized spacial score (nSPS) is 19.5. The molecule has 0 aromatic heterocycles. The van der Waals surface area contributed by atoms with Crippen molar-refractivity contribution in [1.82, 2.24) is 4.90 Å². The third kappa shape index (κ3) is 2.47. The second-order valence-electron chi connectivity index (χ2n) is 3.11. The number of rotatable bonds is 2. The Labute approximate surface area is 78.4 Å². The van der Waals surface area contributed by atoms with Crippen LogP contribution in [0.15, 0.2) is 40.2 Å². The zero-order chi connectivity index (χ0) is 9.84. The highest BCUT2D eigenvalue weighted by molar-refractivity contribution is 5.86. The van der Waals surface area contributed by atoms with E-state index in [1.165, 1.54) is 0 Å². The maximum absolute atomic E-state index is 9.45. The Morgan fingerprint density at radius 2 is 2.08 bits per heavy atom. The summed E-state index contributed by atoms with van der Waals surface area (Å²) in [7, 11) is 5.57. The van der Waals surface area contributed by atoms with E-state index in [1.807, 2.05) is 31.3 Å². The van der Waals surface area contributed by atoms with E-state index in [1.54, 1.807) is 19.3 Å². The van der Waals surface area contributed by atoms with Gasteiger partial charge in [0.05, 0.1) is 0 Å². The lowest BCUT2D eigenvalue weighted by molar-refractivity contribution is 0.430. The smallest absolute Gasteiger partial charge is 0.125 e. The molecule has 0 aliphatic heterocycles.